The highest BCUT2D eigenvalue weighted by Gasteiger charge is 2.62. The zero-order chi connectivity index (χ0) is 25.2. The van der Waals surface area contributed by atoms with Gasteiger partial charge in [0, 0.05) is 23.7 Å². The first-order valence-corrected chi connectivity index (χ1v) is 14.8. The SMILES string of the molecule is Cc1ccc(S(=O)(=O)NN=C2[C@H]3C=C[C@@H]4C(=NNS(=O)(=O)c5ccc(C)cc5)[C@H]5C=C[C@H]2C5C34)cc1. The highest BCUT2D eigenvalue weighted by Crippen LogP contribution is 2.60. The normalized spacial score (nSPS) is 29.5. The van der Waals surface area contributed by atoms with Gasteiger partial charge < -0.3 is 0 Å². The van der Waals surface area contributed by atoms with Crippen LogP contribution in [-0.4, -0.2) is 28.3 Å². The lowest BCUT2D eigenvalue weighted by atomic mass is 9.88. The summed E-state index contributed by atoms with van der Waals surface area (Å²) < 4.78 is 51.1. The zero-order valence-corrected chi connectivity index (χ0v) is 21.4. The van der Waals surface area contributed by atoms with E-state index in [9.17, 15) is 16.8 Å². The van der Waals surface area contributed by atoms with Crippen LogP contribution in [0.2, 0.25) is 0 Å². The molecule has 0 spiro atoms. The van der Waals surface area contributed by atoms with E-state index < -0.39 is 20.0 Å². The number of benzene rings is 2. The van der Waals surface area contributed by atoms with Gasteiger partial charge in [0.25, 0.3) is 20.0 Å². The van der Waals surface area contributed by atoms with Crippen molar-refractivity contribution in [2.24, 2.45) is 45.7 Å². The van der Waals surface area contributed by atoms with Gasteiger partial charge in [-0.1, -0.05) is 59.7 Å². The molecule has 0 radical (unpaired) electrons. The monoisotopic (exact) mass is 522 g/mol. The largest absolute Gasteiger partial charge is 0.276 e. The van der Waals surface area contributed by atoms with Crippen LogP contribution < -0.4 is 9.66 Å². The van der Waals surface area contributed by atoms with E-state index in [-0.39, 0.29) is 45.3 Å². The molecule has 0 aliphatic heterocycles. The molecule has 0 bridgehead atoms. The second kappa shape index (κ2) is 8.14. The predicted octanol–water partition coefficient (Wildman–Crippen LogP) is 3.14. The van der Waals surface area contributed by atoms with Crippen LogP contribution in [0.1, 0.15) is 11.1 Å². The third kappa shape index (κ3) is 3.62. The smallest absolute Gasteiger partial charge is 0.200 e. The number of hydrogen-bond acceptors (Lipinski definition) is 6. The number of rotatable bonds is 6. The van der Waals surface area contributed by atoms with Gasteiger partial charge in [0.05, 0.1) is 21.2 Å². The summed E-state index contributed by atoms with van der Waals surface area (Å²) in [6.45, 7) is 3.80. The third-order valence-corrected chi connectivity index (χ3v) is 10.2. The topological polar surface area (TPSA) is 117 Å². The van der Waals surface area contributed by atoms with Crippen molar-refractivity contribution in [1.82, 2.24) is 9.66 Å². The average Bonchev–Trinajstić information content (AvgIpc) is 3.57. The van der Waals surface area contributed by atoms with Crippen molar-refractivity contribution in [3.63, 3.8) is 0 Å². The van der Waals surface area contributed by atoms with Gasteiger partial charge >= 0.3 is 0 Å². The van der Waals surface area contributed by atoms with Crippen LogP contribution in [0, 0.1) is 49.4 Å². The Hall–Kier alpha value is -3.24. The molecule has 36 heavy (non-hydrogen) atoms. The summed E-state index contributed by atoms with van der Waals surface area (Å²) in [5, 5.41) is 8.83. The van der Waals surface area contributed by atoms with E-state index in [1.807, 2.05) is 13.8 Å². The summed E-state index contributed by atoms with van der Waals surface area (Å²) in [6.07, 6.45) is 8.23. The number of sulfonamides is 2. The Labute approximate surface area is 211 Å². The third-order valence-electron chi connectivity index (χ3n) is 7.77. The molecule has 6 rings (SSSR count). The molecule has 8 nitrogen and oxygen atoms in total. The van der Waals surface area contributed by atoms with Gasteiger partial charge in [-0.25, -0.2) is 9.66 Å². The van der Waals surface area contributed by atoms with Crippen LogP contribution in [-0.2, 0) is 20.0 Å². The van der Waals surface area contributed by atoms with Crippen LogP contribution in [0.4, 0.5) is 0 Å². The first kappa shape index (κ1) is 23.2. The van der Waals surface area contributed by atoms with Crippen molar-refractivity contribution in [2.75, 3.05) is 0 Å². The Bertz CT molecular complexity index is 1400. The quantitative estimate of drug-likeness (QED) is 0.448. The second-order valence-electron chi connectivity index (χ2n) is 9.92. The molecule has 10 heteroatoms. The van der Waals surface area contributed by atoms with Gasteiger partial charge in [0.15, 0.2) is 0 Å². The lowest BCUT2D eigenvalue weighted by molar-refractivity contribution is 0.343. The minimum absolute atomic E-state index is 0.0143. The minimum atomic E-state index is -3.78. The second-order valence-corrected chi connectivity index (χ2v) is 13.2. The number of hydrogen-bond donors (Lipinski definition) is 2. The number of aryl methyl sites for hydroxylation is 2. The fourth-order valence-corrected chi connectivity index (χ4v) is 7.74. The summed E-state index contributed by atoms with van der Waals surface area (Å²) in [6, 6.07) is 13.3. The molecular formula is C26H26N4O4S2. The Balaban J connectivity index is 1.24. The molecule has 0 heterocycles. The van der Waals surface area contributed by atoms with Gasteiger partial charge in [0.2, 0.25) is 0 Å². The van der Waals surface area contributed by atoms with E-state index in [4.69, 9.17) is 0 Å². The molecule has 0 unspecified atom stereocenters. The van der Waals surface area contributed by atoms with Crippen molar-refractivity contribution >= 4 is 31.5 Å². The Kier molecular flexibility index (Phi) is 5.24. The number of nitrogens with one attached hydrogen (secondary N) is 2. The van der Waals surface area contributed by atoms with E-state index in [0.29, 0.717) is 0 Å². The van der Waals surface area contributed by atoms with Crippen LogP contribution >= 0.6 is 0 Å². The number of allylic oxidation sites excluding steroid dienone is 4. The maximum Gasteiger partial charge on any atom is 0.276 e. The van der Waals surface area contributed by atoms with Gasteiger partial charge in [0.1, 0.15) is 0 Å². The van der Waals surface area contributed by atoms with Gasteiger partial charge in [-0.05, 0) is 49.9 Å². The predicted molar refractivity (Wildman–Crippen MR) is 137 cm³/mol. The van der Waals surface area contributed by atoms with E-state index >= 15 is 0 Å². The van der Waals surface area contributed by atoms with Gasteiger partial charge in [-0.15, -0.1) is 0 Å². The molecule has 0 amide bonds. The Morgan fingerprint density at radius 2 is 0.861 bits per heavy atom. The lowest BCUT2D eigenvalue weighted by Gasteiger charge is -2.14. The summed E-state index contributed by atoms with van der Waals surface area (Å²) in [7, 11) is -7.55. The molecule has 2 aromatic carbocycles. The van der Waals surface area contributed by atoms with Crippen molar-refractivity contribution in [1.29, 1.82) is 0 Å². The molecule has 2 saturated carbocycles. The molecule has 2 fully saturated rings. The molecule has 4 aliphatic rings. The number of nitrogens with zero attached hydrogens (tertiary/aromatic N) is 2. The molecule has 4 aliphatic carbocycles. The van der Waals surface area contributed by atoms with E-state index in [1.165, 1.54) is 0 Å². The van der Waals surface area contributed by atoms with Crippen LogP contribution in [0.25, 0.3) is 0 Å². The minimum Gasteiger partial charge on any atom is -0.200 e. The maximum atomic E-state index is 12.8. The highest BCUT2D eigenvalue weighted by atomic mass is 32.2. The molecule has 2 N–H and O–H groups in total. The summed E-state index contributed by atoms with van der Waals surface area (Å²) >= 11 is 0. The van der Waals surface area contributed by atoms with Crippen molar-refractivity contribution in [2.45, 2.75) is 23.6 Å². The lowest BCUT2D eigenvalue weighted by Crippen LogP contribution is -2.26. The molecule has 0 saturated heterocycles. The Morgan fingerprint density at radius 1 is 0.556 bits per heavy atom. The first-order chi connectivity index (χ1) is 17.2. The van der Waals surface area contributed by atoms with Gasteiger partial charge in [-0.3, -0.25) is 0 Å². The zero-order valence-electron chi connectivity index (χ0n) is 19.7. The summed E-state index contributed by atoms with van der Waals surface area (Å²) in [5.41, 5.74) is 3.56. The highest BCUT2D eigenvalue weighted by molar-refractivity contribution is 7.89. The molecule has 2 aromatic rings. The summed E-state index contributed by atoms with van der Waals surface area (Å²) in [4.78, 5) is 5.22. The average molecular weight is 523 g/mol. The Morgan fingerprint density at radius 3 is 1.17 bits per heavy atom. The molecule has 4 atom stereocenters. The van der Waals surface area contributed by atoms with E-state index in [1.54, 1.807) is 48.5 Å². The van der Waals surface area contributed by atoms with E-state index in [0.717, 1.165) is 22.6 Å². The fourth-order valence-electron chi connectivity index (χ4n) is 6.09. The van der Waals surface area contributed by atoms with Gasteiger partial charge in [-0.2, -0.15) is 27.0 Å². The van der Waals surface area contributed by atoms with Crippen molar-refractivity contribution in [3.8, 4) is 0 Å². The summed E-state index contributed by atoms with van der Waals surface area (Å²) in [5.74, 6) is 0.304. The van der Waals surface area contributed by atoms with Crippen molar-refractivity contribution in [3.05, 3.63) is 84.0 Å². The molecular weight excluding hydrogens is 496 g/mol. The fraction of sp³-hybridized carbons (Fsp3) is 0.308. The van der Waals surface area contributed by atoms with Crippen LogP contribution in [0.3, 0.4) is 0 Å². The van der Waals surface area contributed by atoms with Crippen molar-refractivity contribution < 1.29 is 16.8 Å². The maximum absolute atomic E-state index is 12.8. The molecule has 0 aromatic heterocycles. The van der Waals surface area contributed by atoms with Crippen LogP contribution in [0.5, 0.6) is 0 Å². The molecule has 186 valence electrons. The van der Waals surface area contributed by atoms with E-state index in [2.05, 4.69) is 44.2 Å². The standard InChI is InChI=1S/C26H26N4O4S2/c1-15-3-7-17(8-4-15)35(31,32)29-27-25-19-11-13-21-23(19)24-20(25)12-14-22(24)26(21)28-30-36(33,34)18-9-5-16(2)6-10-18/h3-14,19-24,29-30H,1-2H3/t19-,20-,21-,22-,23?,24?/m0/s1. The van der Waals surface area contributed by atoms with Crippen LogP contribution in [0.15, 0.2) is 92.8 Å². The first-order valence-electron chi connectivity index (χ1n) is 11.8. The number of hydrazone groups is 2.